The van der Waals surface area contributed by atoms with Crippen LogP contribution in [0.2, 0.25) is 0 Å². The van der Waals surface area contributed by atoms with Crippen molar-refractivity contribution >= 4 is 29.9 Å². The third-order valence-corrected chi connectivity index (χ3v) is 2.99. The molecule has 6 heteroatoms. The smallest absolute Gasteiger partial charge is 0.193 e. The largest absolute Gasteiger partial charge is 0.376 e. The van der Waals surface area contributed by atoms with Crippen molar-refractivity contribution in [2.75, 3.05) is 46.5 Å². The molecule has 100 valence electrons. The Bertz CT molecular complexity index is 239. The van der Waals surface area contributed by atoms with Crippen molar-refractivity contribution in [3.8, 4) is 0 Å². The molecule has 0 spiro atoms. The van der Waals surface area contributed by atoms with Crippen molar-refractivity contribution in [2.45, 2.75) is 18.9 Å². The summed E-state index contributed by atoms with van der Waals surface area (Å²) in [6.45, 7) is 5.11. The third-order valence-electron chi connectivity index (χ3n) is 2.99. The summed E-state index contributed by atoms with van der Waals surface area (Å²) in [5.74, 6) is 0.992. The van der Waals surface area contributed by atoms with E-state index in [1.807, 2.05) is 7.05 Å². The first-order valence-corrected chi connectivity index (χ1v) is 6.05. The lowest BCUT2D eigenvalue weighted by atomic mass is 10.3. The summed E-state index contributed by atoms with van der Waals surface area (Å²) in [5.41, 5.74) is 0. The van der Waals surface area contributed by atoms with E-state index in [1.165, 1.54) is 12.8 Å². The molecule has 5 nitrogen and oxygen atoms in total. The van der Waals surface area contributed by atoms with Gasteiger partial charge in [-0.1, -0.05) is 0 Å². The molecule has 0 aliphatic carbocycles. The highest BCUT2D eigenvalue weighted by Gasteiger charge is 2.18. The van der Waals surface area contributed by atoms with Crippen LogP contribution in [0.1, 0.15) is 12.8 Å². The van der Waals surface area contributed by atoms with Gasteiger partial charge < -0.3 is 19.7 Å². The summed E-state index contributed by atoms with van der Waals surface area (Å²) in [6.07, 6.45) is 2.70. The van der Waals surface area contributed by atoms with Crippen LogP contribution in [0.15, 0.2) is 4.99 Å². The maximum Gasteiger partial charge on any atom is 0.193 e. The van der Waals surface area contributed by atoms with Crippen LogP contribution in [0.4, 0.5) is 0 Å². The van der Waals surface area contributed by atoms with Crippen molar-refractivity contribution < 1.29 is 9.47 Å². The van der Waals surface area contributed by atoms with Gasteiger partial charge in [-0.25, -0.2) is 0 Å². The fourth-order valence-electron chi connectivity index (χ4n) is 2.12. The van der Waals surface area contributed by atoms with E-state index in [0.717, 1.165) is 32.2 Å². The summed E-state index contributed by atoms with van der Waals surface area (Å²) in [6, 6.07) is 0. The maximum atomic E-state index is 5.57. The van der Waals surface area contributed by atoms with Crippen molar-refractivity contribution in [2.24, 2.45) is 4.99 Å². The molecule has 1 unspecified atom stereocenters. The normalized spacial score (nSPS) is 25.6. The number of halogens is 1. The van der Waals surface area contributed by atoms with Crippen LogP contribution in [-0.4, -0.2) is 63.5 Å². The van der Waals surface area contributed by atoms with E-state index in [0.29, 0.717) is 13.2 Å². The Morgan fingerprint density at radius 1 is 1.35 bits per heavy atom. The molecule has 1 atom stereocenters. The number of guanidine groups is 1. The van der Waals surface area contributed by atoms with E-state index in [2.05, 4.69) is 15.2 Å². The number of nitrogens with zero attached hydrogens (tertiary/aromatic N) is 2. The van der Waals surface area contributed by atoms with Gasteiger partial charge in [0.05, 0.1) is 25.9 Å². The molecule has 2 aliphatic heterocycles. The van der Waals surface area contributed by atoms with Gasteiger partial charge in [-0.2, -0.15) is 0 Å². The van der Waals surface area contributed by atoms with Crippen LogP contribution in [0, 0.1) is 0 Å². The SMILES string of the molecule is CN=C(NCC1COCCO1)N1CCCC1.I. The number of nitrogens with one attached hydrogen (secondary N) is 1. The lowest BCUT2D eigenvalue weighted by Crippen LogP contribution is -2.45. The fraction of sp³-hybridized carbons (Fsp3) is 0.909. The number of ether oxygens (including phenoxy) is 2. The van der Waals surface area contributed by atoms with E-state index in [1.54, 1.807) is 0 Å². The molecule has 17 heavy (non-hydrogen) atoms. The molecular formula is C11H22IN3O2. The van der Waals surface area contributed by atoms with Gasteiger partial charge in [-0.3, -0.25) is 4.99 Å². The Morgan fingerprint density at radius 3 is 2.71 bits per heavy atom. The summed E-state index contributed by atoms with van der Waals surface area (Å²) in [7, 11) is 1.83. The topological polar surface area (TPSA) is 46.1 Å². The first kappa shape index (κ1) is 15.0. The zero-order valence-electron chi connectivity index (χ0n) is 10.4. The summed E-state index contributed by atoms with van der Waals surface area (Å²) in [5, 5.41) is 3.35. The highest BCUT2D eigenvalue weighted by atomic mass is 127. The second-order valence-corrected chi connectivity index (χ2v) is 4.19. The van der Waals surface area contributed by atoms with Gasteiger partial charge in [0.15, 0.2) is 5.96 Å². The van der Waals surface area contributed by atoms with Gasteiger partial charge in [-0.15, -0.1) is 24.0 Å². The van der Waals surface area contributed by atoms with Gasteiger partial charge in [0.2, 0.25) is 0 Å². The van der Waals surface area contributed by atoms with Gasteiger partial charge in [0, 0.05) is 26.7 Å². The quantitative estimate of drug-likeness (QED) is 0.450. The Morgan fingerprint density at radius 2 is 2.12 bits per heavy atom. The Balaban J connectivity index is 0.00000144. The third kappa shape index (κ3) is 4.59. The molecule has 0 amide bonds. The second kappa shape index (κ2) is 8.10. The molecular weight excluding hydrogens is 333 g/mol. The van der Waals surface area contributed by atoms with Crippen molar-refractivity contribution in [3.63, 3.8) is 0 Å². The monoisotopic (exact) mass is 355 g/mol. The van der Waals surface area contributed by atoms with Crippen LogP contribution >= 0.6 is 24.0 Å². The van der Waals surface area contributed by atoms with E-state index in [9.17, 15) is 0 Å². The minimum absolute atomic E-state index is 0. The first-order chi connectivity index (χ1) is 7.90. The molecule has 0 aromatic rings. The molecule has 2 fully saturated rings. The number of hydrogen-bond donors (Lipinski definition) is 1. The lowest BCUT2D eigenvalue weighted by Gasteiger charge is -2.26. The predicted octanol–water partition coefficient (Wildman–Crippen LogP) is 0.691. The first-order valence-electron chi connectivity index (χ1n) is 6.05. The molecule has 2 saturated heterocycles. The van der Waals surface area contributed by atoms with E-state index in [-0.39, 0.29) is 30.1 Å². The fourth-order valence-corrected chi connectivity index (χ4v) is 2.12. The Hall–Kier alpha value is -0.0800. The second-order valence-electron chi connectivity index (χ2n) is 4.19. The summed E-state index contributed by atoms with van der Waals surface area (Å²) >= 11 is 0. The van der Waals surface area contributed by atoms with Gasteiger partial charge in [-0.05, 0) is 12.8 Å². The maximum absolute atomic E-state index is 5.57. The van der Waals surface area contributed by atoms with Crippen LogP contribution < -0.4 is 5.32 Å². The summed E-state index contributed by atoms with van der Waals surface area (Å²) < 4.78 is 10.9. The molecule has 2 rings (SSSR count). The average molecular weight is 355 g/mol. The Kier molecular flexibility index (Phi) is 7.14. The Labute approximate surface area is 120 Å². The molecule has 2 aliphatic rings. The lowest BCUT2D eigenvalue weighted by molar-refractivity contribution is -0.0851. The van der Waals surface area contributed by atoms with Crippen molar-refractivity contribution in [1.29, 1.82) is 0 Å². The molecule has 0 aromatic heterocycles. The van der Waals surface area contributed by atoms with Crippen LogP contribution in [0.25, 0.3) is 0 Å². The standard InChI is InChI=1S/C11H21N3O2.HI/c1-12-11(14-4-2-3-5-14)13-8-10-9-15-6-7-16-10;/h10H,2-9H2,1H3,(H,12,13);1H. The minimum Gasteiger partial charge on any atom is -0.376 e. The highest BCUT2D eigenvalue weighted by molar-refractivity contribution is 14.0. The van der Waals surface area contributed by atoms with Crippen LogP contribution in [-0.2, 0) is 9.47 Å². The zero-order chi connectivity index (χ0) is 11.2. The number of rotatable bonds is 2. The number of hydrogen-bond acceptors (Lipinski definition) is 3. The van der Waals surface area contributed by atoms with Gasteiger partial charge >= 0.3 is 0 Å². The van der Waals surface area contributed by atoms with Crippen LogP contribution in [0.5, 0.6) is 0 Å². The molecule has 0 bridgehead atoms. The highest BCUT2D eigenvalue weighted by Crippen LogP contribution is 2.07. The molecule has 2 heterocycles. The van der Waals surface area contributed by atoms with E-state index >= 15 is 0 Å². The average Bonchev–Trinajstić information content (AvgIpc) is 2.85. The summed E-state index contributed by atoms with van der Waals surface area (Å²) in [4.78, 5) is 6.58. The molecule has 1 N–H and O–H groups in total. The van der Waals surface area contributed by atoms with E-state index in [4.69, 9.17) is 9.47 Å². The predicted molar refractivity (Wildman–Crippen MR) is 78.1 cm³/mol. The van der Waals surface area contributed by atoms with Crippen molar-refractivity contribution in [3.05, 3.63) is 0 Å². The number of aliphatic imine (C=N–C) groups is 1. The van der Waals surface area contributed by atoms with Gasteiger partial charge in [0.25, 0.3) is 0 Å². The number of likely N-dealkylation sites (tertiary alicyclic amines) is 1. The molecule has 0 aromatic carbocycles. The van der Waals surface area contributed by atoms with Crippen LogP contribution in [0.3, 0.4) is 0 Å². The molecule has 0 saturated carbocycles. The van der Waals surface area contributed by atoms with E-state index < -0.39 is 0 Å². The minimum atomic E-state index is 0. The zero-order valence-corrected chi connectivity index (χ0v) is 12.7. The van der Waals surface area contributed by atoms with Crippen molar-refractivity contribution in [1.82, 2.24) is 10.2 Å². The van der Waals surface area contributed by atoms with Gasteiger partial charge in [0.1, 0.15) is 0 Å². The molecule has 0 radical (unpaired) electrons.